The van der Waals surface area contributed by atoms with Crippen molar-refractivity contribution in [2.45, 2.75) is 13.3 Å². The molecule has 0 heterocycles. The lowest BCUT2D eigenvalue weighted by atomic mass is 10.1. The second-order valence-corrected chi connectivity index (χ2v) is 4.73. The first-order valence-electron chi connectivity index (χ1n) is 6.54. The Morgan fingerprint density at radius 3 is 2.95 bits per heavy atom. The minimum Gasteiger partial charge on any atom is -0.394 e. The lowest BCUT2D eigenvalue weighted by molar-refractivity contribution is -0.116. The summed E-state index contributed by atoms with van der Waals surface area (Å²) in [6.07, 6.45) is 3.93. The predicted molar refractivity (Wildman–Crippen MR) is 80.8 cm³/mol. The van der Waals surface area contributed by atoms with Gasteiger partial charge in [-0.15, -0.1) is 0 Å². The SMILES string of the molecule is Cc1ccc(/C=C/C(=O)NCCCOCCO)cc1Cl. The zero-order chi connectivity index (χ0) is 14.8. The Morgan fingerprint density at radius 2 is 2.25 bits per heavy atom. The molecule has 1 rings (SSSR count). The normalized spacial score (nSPS) is 10.9. The van der Waals surface area contributed by atoms with Gasteiger partial charge in [-0.1, -0.05) is 23.7 Å². The third-order valence-corrected chi connectivity index (χ3v) is 3.03. The third-order valence-electron chi connectivity index (χ3n) is 2.62. The molecule has 0 radical (unpaired) electrons. The van der Waals surface area contributed by atoms with Gasteiger partial charge < -0.3 is 15.2 Å². The lowest BCUT2D eigenvalue weighted by Gasteiger charge is -2.03. The summed E-state index contributed by atoms with van der Waals surface area (Å²) in [5.41, 5.74) is 1.90. The van der Waals surface area contributed by atoms with E-state index in [4.69, 9.17) is 21.4 Å². The summed E-state index contributed by atoms with van der Waals surface area (Å²) in [5.74, 6) is -0.149. The van der Waals surface area contributed by atoms with Gasteiger partial charge in [0, 0.05) is 24.3 Å². The molecule has 0 aromatic heterocycles. The van der Waals surface area contributed by atoms with E-state index >= 15 is 0 Å². The topological polar surface area (TPSA) is 58.6 Å². The monoisotopic (exact) mass is 297 g/mol. The molecule has 0 spiro atoms. The molecule has 1 aromatic carbocycles. The van der Waals surface area contributed by atoms with Crippen LogP contribution in [0.1, 0.15) is 17.5 Å². The fourth-order valence-corrected chi connectivity index (χ4v) is 1.69. The van der Waals surface area contributed by atoms with Crippen LogP contribution in [-0.4, -0.2) is 37.4 Å². The molecule has 0 saturated heterocycles. The molecular weight excluding hydrogens is 278 g/mol. The number of hydrogen-bond acceptors (Lipinski definition) is 3. The number of amides is 1. The molecule has 0 saturated carbocycles. The van der Waals surface area contributed by atoms with Crippen molar-refractivity contribution in [2.75, 3.05) is 26.4 Å². The minimum absolute atomic E-state index is 0.0220. The number of aliphatic hydroxyl groups excluding tert-OH is 1. The van der Waals surface area contributed by atoms with Crippen LogP contribution in [0.2, 0.25) is 5.02 Å². The number of aliphatic hydroxyl groups is 1. The second kappa shape index (κ2) is 9.53. The average molecular weight is 298 g/mol. The fraction of sp³-hybridized carbons (Fsp3) is 0.400. The van der Waals surface area contributed by atoms with E-state index in [0.29, 0.717) is 24.8 Å². The van der Waals surface area contributed by atoms with E-state index in [1.807, 2.05) is 25.1 Å². The van der Waals surface area contributed by atoms with Crippen LogP contribution in [0, 0.1) is 6.92 Å². The largest absolute Gasteiger partial charge is 0.394 e. The first-order valence-corrected chi connectivity index (χ1v) is 6.92. The van der Waals surface area contributed by atoms with Gasteiger partial charge in [0.05, 0.1) is 13.2 Å². The van der Waals surface area contributed by atoms with Gasteiger partial charge in [0.1, 0.15) is 0 Å². The van der Waals surface area contributed by atoms with E-state index in [-0.39, 0.29) is 12.5 Å². The molecule has 20 heavy (non-hydrogen) atoms. The molecule has 0 aliphatic carbocycles. The average Bonchev–Trinajstić information content (AvgIpc) is 2.44. The van der Waals surface area contributed by atoms with Crippen molar-refractivity contribution < 1.29 is 14.6 Å². The molecule has 0 fully saturated rings. The Balaban J connectivity index is 2.27. The van der Waals surface area contributed by atoms with Gasteiger partial charge in [-0.25, -0.2) is 0 Å². The molecule has 0 aliphatic heterocycles. The molecular formula is C15H20ClNO3. The Morgan fingerprint density at radius 1 is 1.45 bits per heavy atom. The van der Waals surface area contributed by atoms with Gasteiger partial charge in [-0.2, -0.15) is 0 Å². The quantitative estimate of drug-likeness (QED) is 0.571. The maximum Gasteiger partial charge on any atom is 0.244 e. The Kier molecular flexibility index (Phi) is 7.95. The molecule has 110 valence electrons. The maximum atomic E-state index is 11.5. The number of nitrogens with one attached hydrogen (secondary N) is 1. The highest BCUT2D eigenvalue weighted by Crippen LogP contribution is 2.17. The van der Waals surface area contributed by atoms with Crippen molar-refractivity contribution in [1.82, 2.24) is 5.32 Å². The summed E-state index contributed by atoms with van der Waals surface area (Å²) in [4.78, 5) is 11.5. The van der Waals surface area contributed by atoms with E-state index in [1.165, 1.54) is 6.08 Å². The van der Waals surface area contributed by atoms with Gasteiger partial charge in [0.25, 0.3) is 0 Å². The molecule has 0 atom stereocenters. The number of hydrogen-bond donors (Lipinski definition) is 2. The molecule has 0 unspecified atom stereocenters. The number of halogens is 1. The highest BCUT2D eigenvalue weighted by molar-refractivity contribution is 6.31. The van der Waals surface area contributed by atoms with Crippen molar-refractivity contribution in [3.8, 4) is 0 Å². The Hall–Kier alpha value is -1.36. The third kappa shape index (κ3) is 6.70. The van der Waals surface area contributed by atoms with E-state index in [0.717, 1.165) is 17.5 Å². The molecule has 1 amide bonds. The van der Waals surface area contributed by atoms with Gasteiger partial charge in [-0.3, -0.25) is 4.79 Å². The zero-order valence-electron chi connectivity index (χ0n) is 11.6. The summed E-state index contributed by atoms with van der Waals surface area (Å²) in [6.45, 7) is 3.36. The smallest absolute Gasteiger partial charge is 0.244 e. The van der Waals surface area contributed by atoms with E-state index < -0.39 is 0 Å². The van der Waals surface area contributed by atoms with Crippen LogP contribution in [0.4, 0.5) is 0 Å². The van der Waals surface area contributed by atoms with Crippen molar-refractivity contribution in [2.24, 2.45) is 0 Å². The van der Waals surface area contributed by atoms with Crippen molar-refractivity contribution >= 4 is 23.6 Å². The van der Waals surface area contributed by atoms with Gasteiger partial charge in [0.2, 0.25) is 5.91 Å². The van der Waals surface area contributed by atoms with Crippen LogP contribution in [0.3, 0.4) is 0 Å². The van der Waals surface area contributed by atoms with E-state index in [2.05, 4.69) is 5.32 Å². The number of benzene rings is 1. The Labute approximate surface area is 124 Å². The standard InChI is InChI=1S/C15H20ClNO3/c1-12-3-4-13(11-14(12)16)5-6-15(19)17-7-2-9-20-10-8-18/h3-6,11,18H,2,7-10H2,1H3,(H,17,19)/b6-5+. The molecule has 2 N–H and O–H groups in total. The van der Waals surface area contributed by atoms with Crippen molar-refractivity contribution in [1.29, 1.82) is 0 Å². The number of rotatable bonds is 8. The first-order chi connectivity index (χ1) is 9.63. The first kappa shape index (κ1) is 16.7. The molecule has 4 nitrogen and oxygen atoms in total. The molecule has 5 heteroatoms. The number of carbonyl (C=O) groups is 1. The van der Waals surface area contributed by atoms with E-state index in [1.54, 1.807) is 6.08 Å². The lowest BCUT2D eigenvalue weighted by Crippen LogP contribution is -2.23. The van der Waals surface area contributed by atoms with Gasteiger partial charge in [0.15, 0.2) is 0 Å². The molecule has 0 bridgehead atoms. The van der Waals surface area contributed by atoms with Crippen LogP contribution < -0.4 is 5.32 Å². The van der Waals surface area contributed by atoms with Crippen molar-refractivity contribution in [3.05, 3.63) is 40.4 Å². The van der Waals surface area contributed by atoms with Crippen LogP contribution in [0.25, 0.3) is 6.08 Å². The highest BCUT2D eigenvalue weighted by atomic mass is 35.5. The Bertz CT molecular complexity index is 460. The van der Waals surface area contributed by atoms with Gasteiger partial charge >= 0.3 is 0 Å². The summed E-state index contributed by atoms with van der Waals surface area (Å²) in [6, 6.07) is 5.65. The summed E-state index contributed by atoms with van der Waals surface area (Å²) in [5, 5.41) is 12.0. The molecule has 1 aromatic rings. The summed E-state index contributed by atoms with van der Waals surface area (Å²) >= 11 is 6.01. The highest BCUT2D eigenvalue weighted by Gasteiger charge is 1.97. The minimum atomic E-state index is -0.149. The number of aryl methyl sites for hydroxylation is 1. The summed E-state index contributed by atoms with van der Waals surface area (Å²) in [7, 11) is 0. The number of carbonyl (C=O) groups excluding carboxylic acids is 1. The molecule has 0 aliphatic rings. The zero-order valence-corrected chi connectivity index (χ0v) is 12.3. The maximum absolute atomic E-state index is 11.5. The summed E-state index contributed by atoms with van der Waals surface area (Å²) < 4.78 is 5.08. The van der Waals surface area contributed by atoms with Crippen LogP contribution in [0.15, 0.2) is 24.3 Å². The fourth-order valence-electron chi connectivity index (χ4n) is 1.50. The van der Waals surface area contributed by atoms with E-state index in [9.17, 15) is 4.79 Å². The van der Waals surface area contributed by atoms with Crippen molar-refractivity contribution in [3.63, 3.8) is 0 Å². The van der Waals surface area contributed by atoms with Crippen LogP contribution >= 0.6 is 11.6 Å². The predicted octanol–water partition coefficient (Wildman–Crippen LogP) is 2.18. The number of ether oxygens (including phenoxy) is 1. The van der Waals surface area contributed by atoms with Gasteiger partial charge in [-0.05, 0) is 36.6 Å². The van der Waals surface area contributed by atoms with Crippen LogP contribution in [-0.2, 0) is 9.53 Å². The second-order valence-electron chi connectivity index (χ2n) is 4.32. The van der Waals surface area contributed by atoms with Crippen LogP contribution in [0.5, 0.6) is 0 Å².